The lowest BCUT2D eigenvalue weighted by Gasteiger charge is -2.18. The zero-order valence-electron chi connectivity index (χ0n) is 11.8. The highest BCUT2D eigenvalue weighted by molar-refractivity contribution is 5.83. The molecule has 0 rings (SSSR count). The first-order chi connectivity index (χ1) is 8.73. The van der Waals surface area contributed by atoms with Crippen LogP contribution in [0.4, 0.5) is 4.79 Å². The van der Waals surface area contributed by atoms with Gasteiger partial charge in [-0.15, -0.1) is 0 Å². The molecule has 1 unspecified atom stereocenters. The number of carbonyl (C=O) groups excluding carboxylic acids is 2. The summed E-state index contributed by atoms with van der Waals surface area (Å²) in [6.07, 6.45) is 0.158. The van der Waals surface area contributed by atoms with Gasteiger partial charge in [-0.25, -0.2) is 9.59 Å². The molecule has 0 heterocycles. The Labute approximate surface area is 113 Å². The average Bonchev–Trinajstić information content (AvgIpc) is 2.23. The van der Waals surface area contributed by atoms with Gasteiger partial charge in [-0.05, 0) is 19.8 Å². The minimum absolute atomic E-state index is 0.0543. The molecular formula is C12H23N3O4. The highest BCUT2D eigenvalue weighted by Crippen LogP contribution is 2.01. The van der Waals surface area contributed by atoms with Crippen molar-refractivity contribution in [1.29, 1.82) is 0 Å². The van der Waals surface area contributed by atoms with E-state index in [1.807, 2.05) is 13.8 Å². The van der Waals surface area contributed by atoms with Crippen molar-refractivity contribution in [3.05, 3.63) is 0 Å². The molecule has 3 amide bonds. The maximum absolute atomic E-state index is 11.4. The molecule has 4 N–H and O–H groups in total. The molecule has 0 spiro atoms. The molecule has 1 atom stereocenters. The van der Waals surface area contributed by atoms with E-state index in [-0.39, 0.29) is 30.8 Å². The fourth-order valence-corrected chi connectivity index (χ4v) is 1.39. The Morgan fingerprint density at radius 1 is 1.05 bits per heavy atom. The second kappa shape index (κ2) is 8.34. The summed E-state index contributed by atoms with van der Waals surface area (Å²) in [6, 6.07) is -1.47. The fraction of sp³-hybridized carbons (Fsp3) is 0.750. The Balaban J connectivity index is 3.99. The van der Waals surface area contributed by atoms with E-state index in [9.17, 15) is 14.4 Å². The summed E-state index contributed by atoms with van der Waals surface area (Å²) in [5.41, 5.74) is 0. The maximum atomic E-state index is 11.4. The number of carboxylic acids is 1. The third-order valence-electron chi connectivity index (χ3n) is 2.31. The molecule has 0 fully saturated rings. The standard InChI is InChI=1S/C12H23N3O4/c1-7(2)10(11(17)18)15-12(19)13-6-5-9(16)14-8(3)4/h7-8,10H,5-6H2,1-4H3,(H,14,16)(H,17,18)(H2,13,15,19). The minimum atomic E-state index is -1.08. The highest BCUT2D eigenvalue weighted by Gasteiger charge is 2.23. The van der Waals surface area contributed by atoms with Crippen LogP contribution in [0, 0.1) is 5.92 Å². The van der Waals surface area contributed by atoms with Gasteiger partial charge in [0.1, 0.15) is 6.04 Å². The lowest BCUT2D eigenvalue weighted by atomic mass is 10.1. The van der Waals surface area contributed by atoms with Gasteiger partial charge < -0.3 is 21.1 Å². The van der Waals surface area contributed by atoms with Crippen LogP contribution in [0.5, 0.6) is 0 Å². The third-order valence-corrected chi connectivity index (χ3v) is 2.31. The summed E-state index contributed by atoms with van der Waals surface area (Å²) in [6.45, 7) is 7.26. The van der Waals surface area contributed by atoms with Crippen molar-refractivity contribution in [2.24, 2.45) is 5.92 Å². The summed E-state index contributed by atoms with van der Waals surface area (Å²) < 4.78 is 0. The number of amides is 3. The van der Waals surface area contributed by atoms with Crippen LogP contribution in [0.1, 0.15) is 34.1 Å². The van der Waals surface area contributed by atoms with Crippen LogP contribution in [0.2, 0.25) is 0 Å². The van der Waals surface area contributed by atoms with Gasteiger partial charge in [-0.2, -0.15) is 0 Å². The van der Waals surface area contributed by atoms with E-state index in [1.165, 1.54) is 0 Å². The molecule has 0 saturated heterocycles. The monoisotopic (exact) mass is 273 g/mol. The van der Waals surface area contributed by atoms with Gasteiger partial charge in [0.2, 0.25) is 5.91 Å². The van der Waals surface area contributed by atoms with Gasteiger partial charge in [0.05, 0.1) is 0 Å². The summed E-state index contributed by atoms with van der Waals surface area (Å²) >= 11 is 0. The SMILES string of the molecule is CC(C)NC(=O)CCNC(=O)NC(C(=O)O)C(C)C. The Bertz CT molecular complexity index is 329. The number of rotatable bonds is 7. The van der Waals surface area contributed by atoms with E-state index in [2.05, 4.69) is 16.0 Å². The van der Waals surface area contributed by atoms with Crippen LogP contribution in [0.3, 0.4) is 0 Å². The Hall–Kier alpha value is -1.79. The summed E-state index contributed by atoms with van der Waals surface area (Å²) in [5, 5.41) is 16.4. The lowest BCUT2D eigenvalue weighted by molar-refractivity contribution is -0.140. The van der Waals surface area contributed by atoms with Gasteiger partial charge in [-0.1, -0.05) is 13.8 Å². The van der Waals surface area contributed by atoms with Gasteiger partial charge >= 0.3 is 12.0 Å². The smallest absolute Gasteiger partial charge is 0.326 e. The van der Waals surface area contributed by atoms with Gasteiger partial charge in [0, 0.05) is 19.0 Å². The summed E-state index contributed by atoms with van der Waals surface area (Å²) in [5.74, 6) is -1.45. The number of aliphatic carboxylic acids is 1. The van der Waals surface area contributed by atoms with Crippen LogP contribution >= 0.6 is 0 Å². The number of hydrogen-bond donors (Lipinski definition) is 4. The molecule has 0 aromatic carbocycles. The summed E-state index contributed by atoms with van der Waals surface area (Å²) in [4.78, 5) is 33.6. The van der Waals surface area contributed by atoms with Crippen LogP contribution in [-0.4, -0.2) is 41.6 Å². The van der Waals surface area contributed by atoms with Crippen molar-refractivity contribution in [2.75, 3.05) is 6.54 Å². The molecule has 0 aliphatic rings. The number of nitrogens with one attached hydrogen (secondary N) is 3. The first kappa shape index (κ1) is 17.2. The van der Waals surface area contributed by atoms with Crippen molar-refractivity contribution in [3.63, 3.8) is 0 Å². The molecule has 0 aromatic heterocycles. The zero-order valence-corrected chi connectivity index (χ0v) is 11.8. The number of carbonyl (C=O) groups is 3. The zero-order chi connectivity index (χ0) is 15.0. The number of hydrogen-bond acceptors (Lipinski definition) is 3. The van der Waals surface area contributed by atoms with Crippen LogP contribution in [-0.2, 0) is 9.59 Å². The predicted octanol–water partition coefficient (Wildman–Crippen LogP) is 0.310. The van der Waals surface area contributed by atoms with Crippen LogP contribution in [0.15, 0.2) is 0 Å². The molecule has 0 aliphatic heterocycles. The second-order valence-electron chi connectivity index (χ2n) is 4.93. The molecular weight excluding hydrogens is 250 g/mol. The Kier molecular flexibility index (Phi) is 7.55. The van der Waals surface area contributed by atoms with Crippen LogP contribution < -0.4 is 16.0 Å². The van der Waals surface area contributed by atoms with Crippen molar-refractivity contribution in [3.8, 4) is 0 Å². The van der Waals surface area contributed by atoms with E-state index >= 15 is 0 Å². The highest BCUT2D eigenvalue weighted by atomic mass is 16.4. The van der Waals surface area contributed by atoms with E-state index in [0.717, 1.165) is 0 Å². The van der Waals surface area contributed by atoms with E-state index < -0.39 is 18.0 Å². The Morgan fingerprint density at radius 2 is 1.63 bits per heavy atom. The second-order valence-corrected chi connectivity index (χ2v) is 4.93. The number of carboxylic acid groups (broad SMARTS) is 1. The first-order valence-electron chi connectivity index (χ1n) is 6.30. The largest absolute Gasteiger partial charge is 0.480 e. The molecule has 0 aromatic rings. The van der Waals surface area contributed by atoms with E-state index in [1.54, 1.807) is 13.8 Å². The average molecular weight is 273 g/mol. The van der Waals surface area contributed by atoms with E-state index in [0.29, 0.717) is 0 Å². The molecule has 0 saturated carbocycles. The molecule has 0 radical (unpaired) electrons. The van der Waals surface area contributed by atoms with Crippen molar-refractivity contribution in [2.45, 2.75) is 46.2 Å². The first-order valence-corrected chi connectivity index (χ1v) is 6.30. The summed E-state index contributed by atoms with van der Waals surface area (Å²) in [7, 11) is 0. The van der Waals surface area contributed by atoms with Gasteiger partial charge in [-0.3, -0.25) is 4.79 Å². The molecule has 19 heavy (non-hydrogen) atoms. The van der Waals surface area contributed by atoms with Crippen molar-refractivity contribution >= 4 is 17.9 Å². The quantitative estimate of drug-likeness (QED) is 0.535. The van der Waals surface area contributed by atoms with Crippen LogP contribution in [0.25, 0.3) is 0 Å². The van der Waals surface area contributed by atoms with Gasteiger partial charge in [0.15, 0.2) is 0 Å². The van der Waals surface area contributed by atoms with Crippen molar-refractivity contribution < 1.29 is 19.5 Å². The van der Waals surface area contributed by atoms with Crippen molar-refractivity contribution in [1.82, 2.24) is 16.0 Å². The van der Waals surface area contributed by atoms with E-state index in [4.69, 9.17) is 5.11 Å². The lowest BCUT2D eigenvalue weighted by Crippen LogP contribution is -2.49. The number of urea groups is 1. The fourth-order valence-electron chi connectivity index (χ4n) is 1.39. The molecule has 7 heteroatoms. The topological polar surface area (TPSA) is 108 Å². The molecule has 7 nitrogen and oxygen atoms in total. The minimum Gasteiger partial charge on any atom is -0.480 e. The maximum Gasteiger partial charge on any atom is 0.326 e. The third kappa shape index (κ3) is 8.01. The Morgan fingerprint density at radius 3 is 2.05 bits per heavy atom. The normalized spacial score (nSPS) is 12.1. The predicted molar refractivity (Wildman–Crippen MR) is 70.7 cm³/mol. The molecule has 110 valence electrons. The molecule has 0 bridgehead atoms. The van der Waals surface area contributed by atoms with Gasteiger partial charge in [0.25, 0.3) is 0 Å². The molecule has 0 aliphatic carbocycles.